The maximum Gasteiger partial charge on any atom is 0.192 e. The van der Waals surface area contributed by atoms with E-state index in [1.807, 2.05) is 37.3 Å². The van der Waals surface area contributed by atoms with Crippen LogP contribution in [0.2, 0.25) is 0 Å². The fraction of sp³-hybridized carbons (Fsp3) is 0.667. The Hall–Kier alpha value is -1.97. The lowest BCUT2D eigenvalue weighted by Crippen LogP contribution is -2.70. The van der Waals surface area contributed by atoms with Gasteiger partial charge in [0.25, 0.3) is 0 Å². The molecular formula is C30H37FO7. The van der Waals surface area contributed by atoms with Gasteiger partial charge in [-0.05, 0) is 49.7 Å². The van der Waals surface area contributed by atoms with E-state index in [0.29, 0.717) is 25.9 Å². The smallest absolute Gasteiger partial charge is 0.192 e. The number of aliphatic hydroxyl groups excluding tert-OH is 2. The molecule has 4 aliphatic carbocycles. The molecular weight excluding hydrogens is 491 g/mol. The van der Waals surface area contributed by atoms with Crippen LogP contribution in [0.25, 0.3) is 0 Å². The van der Waals surface area contributed by atoms with E-state index in [1.54, 1.807) is 13.0 Å². The number of halogens is 1. The normalized spacial score (nSPS) is 47.5. The summed E-state index contributed by atoms with van der Waals surface area (Å²) in [5.74, 6) is -1.90. The van der Waals surface area contributed by atoms with Crippen LogP contribution in [-0.4, -0.2) is 70.2 Å². The highest BCUT2D eigenvalue weighted by Crippen LogP contribution is 2.70. The summed E-state index contributed by atoms with van der Waals surface area (Å²) in [7, 11) is 0. The number of carbonyl (C=O) groups is 2. The molecule has 3 N–H and O–H groups in total. The number of fused-ring (bicyclic) bond motifs is 5. The van der Waals surface area contributed by atoms with Gasteiger partial charge in [0.1, 0.15) is 17.9 Å². The van der Waals surface area contributed by atoms with Crippen molar-refractivity contribution in [3.8, 4) is 0 Å². The van der Waals surface area contributed by atoms with Gasteiger partial charge in [-0.25, -0.2) is 4.39 Å². The van der Waals surface area contributed by atoms with Crippen LogP contribution >= 0.6 is 0 Å². The molecule has 7 nitrogen and oxygen atoms in total. The van der Waals surface area contributed by atoms with Gasteiger partial charge in [0, 0.05) is 23.2 Å². The molecule has 206 valence electrons. The number of hydrogen-bond acceptors (Lipinski definition) is 7. The Morgan fingerprint density at radius 1 is 1.18 bits per heavy atom. The third-order valence-electron chi connectivity index (χ3n) is 11.1. The summed E-state index contributed by atoms with van der Waals surface area (Å²) in [6, 6.07) is 9.59. The van der Waals surface area contributed by atoms with E-state index < -0.39 is 64.1 Å². The number of aliphatic hydroxyl groups is 3. The van der Waals surface area contributed by atoms with Gasteiger partial charge in [0.15, 0.2) is 17.2 Å². The maximum atomic E-state index is 17.5. The third-order valence-corrected chi connectivity index (χ3v) is 11.1. The molecule has 1 aromatic carbocycles. The number of rotatable bonds is 6. The van der Waals surface area contributed by atoms with Crippen molar-refractivity contribution in [3.05, 3.63) is 47.5 Å². The number of benzene rings is 1. The van der Waals surface area contributed by atoms with Crippen LogP contribution in [0.3, 0.4) is 0 Å². The molecule has 1 aromatic rings. The number of Topliss-reactive ketones (excluding diaryl/α,β-unsaturated/α-hetero) is 1. The van der Waals surface area contributed by atoms with Gasteiger partial charge >= 0.3 is 0 Å². The summed E-state index contributed by atoms with van der Waals surface area (Å²) < 4.78 is 29.5. The second kappa shape index (κ2) is 8.51. The second-order valence-electron chi connectivity index (χ2n) is 12.7. The van der Waals surface area contributed by atoms with Crippen LogP contribution in [-0.2, 0) is 24.7 Å². The molecule has 1 unspecified atom stereocenters. The number of alkyl halides is 1. The van der Waals surface area contributed by atoms with Crippen molar-refractivity contribution >= 4 is 11.6 Å². The third kappa shape index (κ3) is 3.24. The molecule has 0 radical (unpaired) electrons. The largest absolute Gasteiger partial charge is 0.390 e. The van der Waals surface area contributed by atoms with E-state index in [-0.39, 0.29) is 31.7 Å². The zero-order chi connectivity index (χ0) is 27.1. The lowest BCUT2D eigenvalue weighted by molar-refractivity contribution is -0.232. The van der Waals surface area contributed by atoms with Gasteiger partial charge in [-0.3, -0.25) is 9.59 Å². The fourth-order valence-corrected chi connectivity index (χ4v) is 8.77. The van der Waals surface area contributed by atoms with Gasteiger partial charge in [-0.15, -0.1) is 0 Å². The molecule has 1 aliphatic heterocycles. The molecule has 38 heavy (non-hydrogen) atoms. The molecule has 8 heteroatoms. The molecule has 9 atom stereocenters. The summed E-state index contributed by atoms with van der Waals surface area (Å²) in [6.45, 7) is 3.21. The van der Waals surface area contributed by atoms with Crippen molar-refractivity contribution in [2.75, 3.05) is 19.8 Å². The lowest BCUT2D eigenvalue weighted by atomic mass is 9.44. The highest BCUT2D eigenvalue weighted by atomic mass is 19.1. The Morgan fingerprint density at radius 3 is 2.55 bits per heavy atom. The average Bonchev–Trinajstić information content (AvgIpc) is 3.66. The summed E-state index contributed by atoms with van der Waals surface area (Å²) >= 11 is 0. The Morgan fingerprint density at radius 2 is 1.89 bits per heavy atom. The monoisotopic (exact) mass is 528 g/mol. The average molecular weight is 529 g/mol. The summed E-state index contributed by atoms with van der Waals surface area (Å²) in [5, 5.41) is 33.5. The summed E-state index contributed by atoms with van der Waals surface area (Å²) in [6.07, 6.45) is 0.673. The minimum absolute atomic E-state index is 0.0125. The zero-order valence-electron chi connectivity index (χ0n) is 22.0. The highest BCUT2D eigenvalue weighted by molar-refractivity contribution is 5.92. The molecule has 0 aromatic heterocycles. The number of ether oxygens (including phenoxy) is 2. The molecule has 0 spiro atoms. The van der Waals surface area contributed by atoms with Crippen molar-refractivity contribution in [2.45, 2.75) is 81.5 Å². The quantitative estimate of drug-likeness (QED) is 0.486. The molecule has 5 aliphatic rings. The maximum absolute atomic E-state index is 17.5. The molecule has 3 saturated carbocycles. The van der Waals surface area contributed by atoms with Crippen LogP contribution < -0.4 is 0 Å². The van der Waals surface area contributed by atoms with Crippen molar-refractivity contribution in [2.24, 2.45) is 22.7 Å². The van der Waals surface area contributed by atoms with Crippen LogP contribution in [0.5, 0.6) is 0 Å². The lowest BCUT2D eigenvalue weighted by Gasteiger charge is -2.63. The number of carbonyl (C=O) groups excluding carboxylic acids is 2. The first kappa shape index (κ1) is 26.3. The first-order chi connectivity index (χ1) is 18.0. The Kier molecular flexibility index (Phi) is 5.88. The van der Waals surface area contributed by atoms with Crippen molar-refractivity contribution < 1.29 is 38.8 Å². The highest BCUT2D eigenvalue weighted by Gasteiger charge is 2.77. The molecule has 0 bridgehead atoms. The van der Waals surface area contributed by atoms with E-state index in [1.165, 1.54) is 0 Å². The minimum atomic E-state index is -2.10. The Labute approximate surface area is 222 Å². The number of epoxide rings is 1. The topological polar surface area (TPSA) is 117 Å². The number of hydrogen-bond donors (Lipinski definition) is 3. The van der Waals surface area contributed by atoms with Gasteiger partial charge in [0.2, 0.25) is 0 Å². The predicted molar refractivity (Wildman–Crippen MR) is 135 cm³/mol. The first-order valence-electron chi connectivity index (χ1n) is 13.7. The van der Waals surface area contributed by atoms with Gasteiger partial charge in [-0.1, -0.05) is 49.8 Å². The molecule has 6 rings (SSSR count). The van der Waals surface area contributed by atoms with Crippen LogP contribution in [0.4, 0.5) is 4.39 Å². The predicted octanol–water partition coefficient (Wildman–Crippen LogP) is 2.79. The minimum Gasteiger partial charge on any atom is -0.390 e. The zero-order valence-corrected chi connectivity index (χ0v) is 22.0. The SMILES string of the molecule is C[C@]12CCC(=O)C=C1CC[C@H]1[C@@H]3C[C@@H](OCC4(c5ccccc5)CO4)[C@](O)(C(=O)CO)[C@@]3(C)C[C@H](O)[C@@]12F. The second-order valence-corrected chi connectivity index (χ2v) is 12.7. The van der Waals surface area contributed by atoms with Crippen LogP contribution in [0.15, 0.2) is 42.0 Å². The molecule has 1 heterocycles. The van der Waals surface area contributed by atoms with E-state index in [9.17, 15) is 24.9 Å². The van der Waals surface area contributed by atoms with Crippen molar-refractivity contribution in [1.29, 1.82) is 0 Å². The Balaban J connectivity index is 1.36. The van der Waals surface area contributed by atoms with Crippen molar-refractivity contribution in [1.82, 2.24) is 0 Å². The van der Waals surface area contributed by atoms with Crippen molar-refractivity contribution in [3.63, 3.8) is 0 Å². The van der Waals surface area contributed by atoms with Gasteiger partial charge in [-0.2, -0.15) is 0 Å². The van der Waals surface area contributed by atoms with Gasteiger partial charge < -0.3 is 24.8 Å². The number of ketones is 2. The van der Waals surface area contributed by atoms with Crippen LogP contribution in [0, 0.1) is 22.7 Å². The summed E-state index contributed by atoms with van der Waals surface area (Å²) in [5.41, 5.74) is -5.30. The van der Waals surface area contributed by atoms with E-state index in [2.05, 4.69) is 0 Å². The number of allylic oxidation sites excluding steroid dienone is 1. The van der Waals surface area contributed by atoms with E-state index >= 15 is 4.39 Å². The van der Waals surface area contributed by atoms with E-state index in [4.69, 9.17) is 9.47 Å². The molecule has 1 saturated heterocycles. The van der Waals surface area contributed by atoms with Crippen LogP contribution in [0.1, 0.15) is 57.9 Å². The van der Waals surface area contributed by atoms with E-state index in [0.717, 1.165) is 11.1 Å². The first-order valence-corrected chi connectivity index (χ1v) is 13.7. The van der Waals surface area contributed by atoms with Gasteiger partial charge in [0.05, 0.1) is 25.4 Å². The standard InChI is InChI=1S/C30H37FO7/c1-26-11-10-20(33)12-19(26)8-9-21-22-13-25(37-16-28(17-38-28)18-6-4-3-5-7-18)30(36,24(35)15-32)27(22,2)14-23(34)29(21,26)31/h3-7,12,21-23,25,32,34,36H,8-11,13-17H2,1-2H3/t21-,22-,23-,25+,26-,27-,28?,29-,30+/m0/s1. The molecule has 4 fully saturated rings. The molecule has 0 amide bonds. The Bertz CT molecular complexity index is 1180. The summed E-state index contributed by atoms with van der Waals surface area (Å²) in [4.78, 5) is 25.4. The fourth-order valence-electron chi connectivity index (χ4n) is 8.77.